The third-order valence-corrected chi connectivity index (χ3v) is 5.31. The van der Waals surface area contributed by atoms with Crippen LogP contribution in [0.15, 0.2) is 53.6 Å². The number of benzene rings is 1. The molecule has 144 valence electrons. The lowest BCUT2D eigenvalue weighted by atomic mass is 9.97. The molecule has 1 aliphatic rings. The summed E-state index contributed by atoms with van der Waals surface area (Å²) in [5, 5.41) is 10.2. The van der Waals surface area contributed by atoms with Crippen LogP contribution in [0.4, 0.5) is 14.7 Å². The van der Waals surface area contributed by atoms with E-state index in [-0.39, 0.29) is 30.0 Å². The van der Waals surface area contributed by atoms with Crippen molar-refractivity contribution in [1.29, 1.82) is 0 Å². The summed E-state index contributed by atoms with van der Waals surface area (Å²) in [6.07, 6.45) is 2.36. The molecular formula is C19H16F2N4O2S. The minimum Gasteiger partial charge on any atom is -0.387 e. The van der Waals surface area contributed by atoms with Crippen LogP contribution >= 0.6 is 11.3 Å². The van der Waals surface area contributed by atoms with Crippen LogP contribution in [0.3, 0.4) is 0 Å². The first-order valence-corrected chi connectivity index (χ1v) is 9.38. The van der Waals surface area contributed by atoms with Crippen molar-refractivity contribution in [2.24, 2.45) is 0 Å². The fourth-order valence-electron chi connectivity index (χ4n) is 3.06. The van der Waals surface area contributed by atoms with Gasteiger partial charge < -0.3 is 10.0 Å². The molecule has 0 radical (unpaired) electrons. The maximum absolute atomic E-state index is 13.1. The van der Waals surface area contributed by atoms with Crippen molar-refractivity contribution in [3.8, 4) is 0 Å². The second-order valence-electron chi connectivity index (χ2n) is 6.36. The molecule has 28 heavy (non-hydrogen) atoms. The Morgan fingerprint density at radius 2 is 1.96 bits per heavy atom. The van der Waals surface area contributed by atoms with Gasteiger partial charge in [0.05, 0.1) is 19.2 Å². The largest absolute Gasteiger partial charge is 0.387 e. The standard InChI is InChI=1S/C19H16F2N4O2S/c20-13-3-1-12(2-4-13)15-7-8-24(10-16(15)26)18-22-11-25(19(27)23-18)9-14-5-6-17(21)28-14/h1-7,11,16,26H,8-10H2. The van der Waals surface area contributed by atoms with E-state index in [1.54, 1.807) is 23.1 Å². The molecule has 0 saturated carbocycles. The smallest absolute Gasteiger partial charge is 0.352 e. The maximum Gasteiger partial charge on any atom is 0.352 e. The van der Waals surface area contributed by atoms with Crippen LogP contribution in [0.5, 0.6) is 0 Å². The van der Waals surface area contributed by atoms with E-state index in [0.717, 1.165) is 16.9 Å². The van der Waals surface area contributed by atoms with Crippen LogP contribution in [0.25, 0.3) is 5.57 Å². The van der Waals surface area contributed by atoms with Crippen molar-refractivity contribution in [1.82, 2.24) is 14.5 Å². The molecule has 4 rings (SSSR count). The number of anilines is 1. The van der Waals surface area contributed by atoms with Crippen LogP contribution in [-0.4, -0.2) is 38.8 Å². The Bertz CT molecular complexity index is 1080. The Labute approximate surface area is 163 Å². The zero-order valence-electron chi connectivity index (χ0n) is 14.6. The van der Waals surface area contributed by atoms with Crippen LogP contribution < -0.4 is 10.6 Å². The molecule has 0 bridgehead atoms. The molecule has 0 aliphatic carbocycles. The molecule has 9 heteroatoms. The van der Waals surface area contributed by atoms with Gasteiger partial charge in [0, 0.05) is 11.4 Å². The fourth-order valence-corrected chi connectivity index (χ4v) is 3.78. The van der Waals surface area contributed by atoms with Crippen molar-refractivity contribution in [2.75, 3.05) is 18.0 Å². The highest BCUT2D eigenvalue weighted by Gasteiger charge is 2.23. The first-order chi connectivity index (χ1) is 13.5. The third kappa shape index (κ3) is 3.85. The average molecular weight is 402 g/mol. The summed E-state index contributed by atoms with van der Waals surface area (Å²) >= 11 is 0.966. The van der Waals surface area contributed by atoms with Crippen LogP contribution in [0.2, 0.25) is 0 Å². The maximum atomic E-state index is 13.1. The van der Waals surface area contributed by atoms with Gasteiger partial charge in [-0.3, -0.25) is 4.57 Å². The molecule has 0 spiro atoms. The molecule has 0 saturated heterocycles. The number of β-amino-alcohol motifs (C(OH)–C–C–N with tert-alkyl or cyclic N) is 1. The molecule has 1 atom stereocenters. The summed E-state index contributed by atoms with van der Waals surface area (Å²) in [6.45, 7) is 0.817. The molecule has 1 aliphatic heterocycles. The number of halogens is 2. The van der Waals surface area contributed by atoms with Crippen LogP contribution in [0.1, 0.15) is 10.4 Å². The summed E-state index contributed by atoms with van der Waals surface area (Å²) < 4.78 is 27.5. The predicted molar refractivity (Wildman–Crippen MR) is 102 cm³/mol. The zero-order chi connectivity index (χ0) is 19.7. The number of rotatable bonds is 4. The first kappa shape index (κ1) is 18.5. The summed E-state index contributed by atoms with van der Waals surface area (Å²) in [5.41, 5.74) is 0.944. The number of nitrogens with zero attached hydrogens (tertiary/aromatic N) is 4. The summed E-state index contributed by atoms with van der Waals surface area (Å²) in [7, 11) is 0. The monoisotopic (exact) mass is 402 g/mol. The highest BCUT2D eigenvalue weighted by Crippen LogP contribution is 2.24. The van der Waals surface area contributed by atoms with E-state index in [2.05, 4.69) is 9.97 Å². The highest BCUT2D eigenvalue weighted by atomic mass is 32.1. The molecule has 2 aromatic heterocycles. The zero-order valence-corrected chi connectivity index (χ0v) is 15.4. The second-order valence-corrected chi connectivity index (χ2v) is 7.48. The Kier molecular flexibility index (Phi) is 5.01. The van der Waals surface area contributed by atoms with Gasteiger partial charge in [-0.2, -0.15) is 9.37 Å². The van der Waals surface area contributed by atoms with Gasteiger partial charge in [-0.1, -0.05) is 18.2 Å². The lowest BCUT2D eigenvalue weighted by molar-refractivity contribution is 0.233. The summed E-state index contributed by atoms with van der Waals surface area (Å²) in [4.78, 5) is 22.9. The second kappa shape index (κ2) is 7.61. The van der Waals surface area contributed by atoms with E-state index >= 15 is 0 Å². The van der Waals surface area contributed by atoms with Gasteiger partial charge in [-0.15, -0.1) is 11.3 Å². The number of thiophene rings is 1. The van der Waals surface area contributed by atoms with Gasteiger partial charge in [0.1, 0.15) is 12.1 Å². The van der Waals surface area contributed by atoms with E-state index in [0.29, 0.717) is 17.0 Å². The van der Waals surface area contributed by atoms with Crippen molar-refractivity contribution >= 4 is 22.9 Å². The molecule has 1 aromatic carbocycles. The number of aromatic nitrogens is 3. The first-order valence-electron chi connectivity index (χ1n) is 8.56. The molecule has 1 unspecified atom stereocenters. The van der Waals surface area contributed by atoms with Gasteiger partial charge in [0.2, 0.25) is 5.95 Å². The molecule has 1 N–H and O–H groups in total. The SMILES string of the molecule is O=c1nc(N2CC=C(c3ccc(F)cc3)C(O)C2)ncn1Cc1ccc(F)s1. The van der Waals surface area contributed by atoms with Gasteiger partial charge in [0.15, 0.2) is 5.13 Å². The summed E-state index contributed by atoms with van der Waals surface area (Å²) in [6, 6.07) is 8.88. The Hall–Kier alpha value is -2.91. The Morgan fingerprint density at radius 1 is 1.18 bits per heavy atom. The van der Waals surface area contributed by atoms with Crippen LogP contribution in [-0.2, 0) is 6.54 Å². The van der Waals surface area contributed by atoms with Crippen LogP contribution in [0, 0.1) is 10.9 Å². The van der Waals surface area contributed by atoms with Crippen molar-refractivity contribution in [3.05, 3.63) is 80.7 Å². The van der Waals surface area contributed by atoms with E-state index in [9.17, 15) is 18.7 Å². The van der Waals surface area contributed by atoms with Gasteiger partial charge in [0.25, 0.3) is 0 Å². The number of aliphatic hydroxyl groups is 1. The van der Waals surface area contributed by atoms with E-state index in [4.69, 9.17) is 0 Å². The quantitative estimate of drug-likeness (QED) is 0.725. The van der Waals surface area contributed by atoms with Gasteiger partial charge >= 0.3 is 5.69 Å². The highest BCUT2D eigenvalue weighted by molar-refractivity contribution is 7.10. The minimum absolute atomic E-state index is 0.199. The van der Waals surface area contributed by atoms with Gasteiger partial charge in [-0.25, -0.2) is 14.2 Å². The van der Waals surface area contributed by atoms with E-state index in [1.165, 1.54) is 29.1 Å². The fraction of sp³-hybridized carbons (Fsp3) is 0.211. The van der Waals surface area contributed by atoms with Crippen molar-refractivity contribution < 1.29 is 13.9 Å². The van der Waals surface area contributed by atoms with E-state index in [1.807, 2.05) is 6.08 Å². The third-order valence-electron chi connectivity index (χ3n) is 4.45. The molecule has 3 heterocycles. The molecular weight excluding hydrogens is 386 g/mol. The molecule has 0 amide bonds. The topological polar surface area (TPSA) is 71.2 Å². The predicted octanol–water partition coefficient (Wildman–Crippen LogP) is 2.29. The van der Waals surface area contributed by atoms with Crippen molar-refractivity contribution in [3.63, 3.8) is 0 Å². The molecule has 6 nitrogen and oxygen atoms in total. The normalized spacial score (nSPS) is 16.9. The molecule has 3 aromatic rings. The number of hydrogen-bond donors (Lipinski definition) is 1. The lowest BCUT2D eigenvalue weighted by Crippen LogP contribution is -2.40. The Balaban J connectivity index is 1.51. The van der Waals surface area contributed by atoms with Crippen molar-refractivity contribution in [2.45, 2.75) is 12.6 Å². The average Bonchev–Trinajstić information content (AvgIpc) is 3.09. The lowest BCUT2D eigenvalue weighted by Gasteiger charge is -2.30. The summed E-state index contributed by atoms with van der Waals surface area (Å²) in [5.74, 6) is -0.123. The van der Waals surface area contributed by atoms with E-state index < -0.39 is 11.8 Å². The number of aliphatic hydroxyl groups excluding tert-OH is 1. The Morgan fingerprint density at radius 3 is 2.61 bits per heavy atom. The van der Waals surface area contributed by atoms with Gasteiger partial charge in [-0.05, 0) is 35.4 Å². The number of hydrogen-bond acceptors (Lipinski definition) is 6. The molecule has 0 fully saturated rings. The minimum atomic E-state index is -0.820.